The summed E-state index contributed by atoms with van der Waals surface area (Å²) < 4.78 is 5.49. The Kier molecular flexibility index (Phi) is 56.0. The number of ether oxygens (including phenoxy) is 1. The summed E-state index contributed by atoms with van der Waals surface area (Å²) in [6, 6.07) is -0.537. The smallest absolute Gasteiger partial charge is 0.305 e. The Morgan fingerprint density at radius 3 is 1.06 bits per heavy atom. The third-order valence-electron chi connectivity index (χ3n) is 14.3. The maximum Gasteiger partial charge on any atom is 0.305 e. The van der Waals surface area contributed by atoms with Gasteiger partial charge in [0.15, 0.2) is 0 Å². The molecule has 0 saturated carbocycles. The third kappa shape index (κ3) is 53.8. The van der Waals surface area contributed by atoms with E-state index in [1.807, 2.05) is 0 Å². The number of esters is 1. The number of rotatable bonds is 57. The maximum absolute atomic E-state index is 12.4. The maximum atomic E-state index is 12.4. The van der Waals surface area contributed by atoms with Gasteiger partial charge in [-0.05, 0) is 51.4 Å². The fraction of sp³-hybridized carbons (Fsp3) is 0.934. The lowest BCUT2D eigenvalue weighted by Crippen LogP contribution is -2.45. The Balaban J connectivity index is 3.32. The summed E-state index contributed by atoms with van der Waals surface area (Å²) in [6.45, 7) is 4.94. The van der Waals surface area contributed by atoms with Crippen molar-refractivity contribution in [3.05, 3.63) is 12.2 Å². The second-order valence-electron chi connectivity index (χ2n) is 21.0. The summed E-state index contributed by atoms with van der Waals surface area (Å²) in [5, 5.41) is 23.1. The van der Waals surface area contributed by atoms with E-state index >= 15 is 0 Å². The Morgan fingerprint density at radius 1 is 0.403 bits per heavy atom. The zero-order valence-corrected chi connectivity index (χ0v) is 45.4. The highest BCUT2D eigenvalue weighted by Crippen LogP contribution is 2.18. The minimum atomic E-state index is -0.660. The number of aliphatic hydroxyl groups excluding tert-OH is 2. The van der Waals surface area contributed by atoms with Gasteiger partial charge in [0, 0.05) is 12.8 Å². The quantitative estimate of drug-likeness (QED) is 0.0321. The minimum absolute atomic E-state index is 0.0125. The standard InChI is InChI=1S/C61H119NO5/c1-3-5-7-9-11-13-14-15-16-25-29-32-35-39-43-47-51-55-61(66)67-56-52-48-44-40-36-33-30-27-24-22-20-18-17-19-21-23-26-28-31-34-38-42-46-50-54-60(65)62-58(57-63)59(64)53-49-45-41-37-12-10-8-6-4-2/h15-16,58-59,63-64H,3-14,17-57H2,1-2H3,(H,62,65)/b16-15-. The monoisotopic (exact) mass is 946 g/mol. The van der Waals surface area contributed by atoms with Gasteiger partial charge >= 0.3 is 5.97 Å². The molecule has 67 heavy (non-hydrogen) atoms. The van der Waals surface area contributed by atoms with E-state index in [4.69, 9.17) is 4.74 Å². The highest BCUT2D eigenvalue weighted by Gasteiger charge is 2.20. The summed E-state index contributed by atoms with van der Waals surface area (Å²) >= 11 is 0. The average molecular weight is 947 g/mol. The molecular formula is C61H119NO5. The zero-order valence-electron chi connectivity index (χ0n) is 45.4. The average Bonchev–Trinajstić information content (AvgIpc) is 3.33. The first-order chi connectivity index (χ1) is 33.0. The van der Waals surface area contributed by atoms with Gasteiger partial charge in [-0.2, -0.15) is 0 Å². The molecule has 0 aromatic rings. The SMILES string of the molecule is CCCCCCCC/C=C\CCCCCCCCCC(=O)OCCCCCCCCCCCCCCCCCCCCCCCCCCC(=O)NC(CO)C(O)CCCCCCCCCCC. The van der Waals surface area contributed by atoms with E-state index in [0.29, 0.717) is 25.9 Å². The van der Waals surface area contributed by atoms with Gasteiger partial charge in [-0.15, -0.1) is 0 Å². The predicted molar refractivity (Wildman–Crippen MR) is 292 cm³/mol. The molecule has 0 saturated heterocycles. The van der Waals surface area contributed by atoms with E-state index in [1.54, 1.807) is 0 Å². The summed E-state index contributed by atoms with van der Waals surface area (Å²) in [6.07, 6.45) is 68.0. The van der Waals surface area contributed by atoms with Gasteiger partial charge in [0.25, 0.3) is 0 Å². The molecule has 398 valence electrons. The van der Waals surface area contributed by atoms with E-state index in [2.05, 4.69) is 31.3 Å². The fourth-order valence-electron chi connectivity index (χ4n) is 9.64. The fourth-order valence-corrected chi connectivity index (χ4v) is 9.64. The summed E-state index contributed by atoms with van der Waals surface area (Å²) in [4.78, 5) is 24.5. The number of nitrogens with one attached hydrogen (secondary N) is 1. The molecule has 0 aliphatic rings. The Hall–Kier alpha value is -1.40. The molecule has 2 atom stereocenters. The molecule has 0 aromatic heterocycles. The normalized spacial score (nSPS) is 12.6. The van der Waals surface area contributed by atoms with Crippen molar-refractivity contribution >= 4 is 11.9 Å². The molecular weight excluding hydrogens is 827 g/mol. The van der Waals surface area contributed by atoms with E-state index in [0.717, 1.165) is 44.9 Å². The first-order valence-corrected chi connectivity index (χ1v) is 30.4. The van der Waals surface area contributed by atoms with Crippen LogP contribution in [0.15, 0.2) is 12.2 Å². The van der Waals surface area contributed by atoms with Crippen molar-refractivity contribution in [3.8, 4) is 0 Å². The molecule has 3 N–H and O–H groups in total. The number of allylic oxidation sites excluding steroid dienone is 2. The second kappa shape index (κ2) is 57.2. The Bertz CT molecular complexity index is 1000. The highest BCUT2D eigenvalue weighted by atomic mass is 16.5. The third-order valence-corrected chi connectivity index (χ3v) is 14.3. The van der Waals surface area contributed by atoms with Crippen LogP contribution in [0, 0.1) is 0 Å². The number of carbonyl (C=O) groups is 2. The predicted octanol–water partition coefficient (Wildman–Crippen LogP) is 18.9. The lowest BCUT2D eigenvalue weighted by Gasteiger charge is -2.22. The van der Waals surface area contributed by atoms with E-state index in [-0.39, 0.29) is 18.5 Å². The van der Waals surface area contributed by atoms with Crippen molar-refractivity contribution in [3.63, 3.8) is 0 Å². The molecule has 0 heterocycles. The van der Waals surface area contributed by atoms with Crippen LogP contribution in [0.25, 0.3) is 0 Å². The topological polar surface area (TPSA) is 95.9 Å². The minimum Gasteiger partial charge on any atom is -0.466 e. The number of unbranched alkanes of at least 4 members (excludes halogenated alkanes) is 44. The highest BCUT2D eigenvalue weighted by molar-refractivity contribution is 5.76. The van der Waals surface area contributed by atoms with Crippen LogP contribution in [0.5, 0.6) is 0 Å². The van der Waals surface area contributed by atoms with E-state index < -0.39 is 12.1 Å². The molecule has 0 bridgehead atoms. The van der Waals surface area contributed by atoms with Crippen molar-refractivity contribution < 1.29 is 24.5 Å². The molecule has 0 rings (SSSR count). The Labute approximate surface area is 419 Å². The van der Waals surface area contributed by atoms with Gasteiger partial charge < -0.3 is 20.3 Å². The number of carbonyl (C=O) groups excluding carboxylic acids is 2. The van der Waals surface area contributed by atoms with Crippen LogP contribution in [-0.2, 0) is 14.3 Å². The zero-order chi connectivity index (χ0) is 48.6. The number of hydrogen-bond acceptors (Lipinski definition) is 5. The number of hydrogen-bond donors (Lipinski definition) is 3. The largest absolute Gasteiger partial charge is 0.466 e. The van der Waals surface area contributed by atoms with Crippen molar-refractivity contribution in [1.29, 1.82) is 0 Å². The molecule has 2 unspecified atom stereocenters. The van der Waals surface area contributed by atoms with Gasteiger partial charge in [0.2, 0.25) is 5.91 Å². The first kappa shape index (κ1) is 65.6. The van der Waals surface area contributed by atoms with Crippen LogP contribution in [0.2, 0.25) is 0 Å². The van der Waals surface area contributed by atoms with Crippen molar-refractivity contribution in [1.82, 2.24) is 5.32 Å². The van der Waals surface area contributed by atoms with Crippen molar-refractivity contribution in [2.24, 2.45) is 0 Å². The van der Waals surface area contributed by atoms with Crippen LogP contribution in [0.3, 0.4) is 0 Å². The van der Waals surface area contributed by atoms with Gasteiger partial charge in [-0.25, -0.2) is 0 Å². The molecule has 0 fully saturated rings. The molecule has 0 aromatic carbocycles. The van der Waals surface area contributed by atoms with Crippen LogP contribution in [0.4, 0.5) is 0 Å². The van der Waals surface area contributed by atoms with E-state index in [1.165, 1.54) is 263 Å². The molecule has 1 amide bonds. The van der Waals surface area contributed by atoms with Gasteiger partial charge in [-0.3, -0.25) is 9.59 Å². The molecule has 6 heteroatoms. The van der Waals surface area contributed by atoms with Crippen LogP contribution < -0.4 is 5.32 Å². The van der Waals surface area contributed by atoms with Gasteiger partial charge in [0.1, 0.15) is 0 Å². The lowest BCUT2D eigenvalue weighted by molar-refractivity contribution is -0.143. The Morgan fingerprint density at radius 2 is 0.701 bits per heavy atom. The number of aliphatic hydroxyl groups is 2. The van der Waals surface area contributed by atoms with Crippen LogP contribution >= 0.6 is 0 Å². The molecule has 0 radical (unpaired) electrons. The lowest BCUT2D eigenvalue weighted by atomic mass is 10.0. The van der Waals surface area contributed by atoms with E-state index in [9.17, 15) is 19.8 Å². The molecule has 0 aliphatic carbocycles. The molecule has 0 spiro atoms. The van der Waals surface area contributed by atoms with Crippen molar-refractivity contribution in [2.45, 2.75) is 353 Å². The number of amides is 1. The van der Waals surface area contributed by atoms with Crippen LogP contribution in [0.1, 0.15) is 341 Å². The summed E-state index contributed by atoms with van der Waals surface area (Å²) in [7, 11) is 0. The first-order valence-electron chi connectivity index (χ1n) is 30.4. The molecule has 0 aliphatic heterocycles. The summed E-state index contributed by atoms with van der Waals surface area (Å²) in [5.41, 5.74) is 0. The van der Waals surface area contributed by atoms with Crippen LogP contribution in [-0.4, -0.2) is 47.4 Å². The summed E-state index contributed by atoms with van der Waals surface area (Å²) in [5.74, 6) is -0.0224. The van der Waals surface area contributed by atoms with Gasteiger partial charge in [-0.1, -0.05) is 289 Å². The van der Waals surface area contributed by atoms with Gasteiger partial charge in [0.05, 0.1) is 25.4 Å². The van der Waals surface area contributed by atoms with Crippen molar-refractivity contribution in [2.75, 3.05) is 13.2 Å². The molecule has 6 nitrogen and oxygen atoms in total. The second-order valence-corrected chi connectivity index (χ2v) is 21.0.